The van der Waals surface area contributed by atoms with Crippen LogP contribution in [0, 0.1) is 0 Å². The van der Waals surface area contributed by atoms with E-state index < -0.39 is 11.7 Å². The van der Waals surface area contributed by atoms with Gasteiger partial charge in [0.25, 0.3) is 0 Å². The Morgan fingerprint density at radius 1 is 1.35 bits per heavy atom. The van der Waals surface area contributed by atoms with Crippen LogP contribution in [0.5, 0.6) is 0 Å². The van der Waals surface area contributed by atoms with Crippen molar-refractivity contribution in [2.24, 2.45) is 7.05 Å². The van der Waals surface area contributed by atoms with Gasteiger partial charge in [-0.25, -0.2) is 4.98 Å². The monoisotopic (exact) mass is 452 g/mol. The van der Waals surface area contributed by atoms with Crippen LogP contribution in [0.15, 0.2) is 35.4 Å². The van der Waals surface area contributed by atoms with Gasteiger partial charge in [-0.1, -0.05) is 35.6 Å². The Kier molecular flexibility index (Phi) is 6.19. The van der Waals surface area contributed by atoms with Crippen molar-refractivity contribution in [3.8, 4) is 11.4 Å². The molecule has 23 heavy (non-hydrogen) atoms. The minimum Gasteiger partial charge on any atom is -0.328 e. The van der Waals surface area contributed by atoms with Crippen LogP contribution < -0.4 is 0 Å². The number of nitrogens with zero attached hydrogens (tertiary/aromatic N) is 2. The summed E-state index contributed by atoms with van der Waals surface area (Å²) < 4.78 is 41.6. The van der Waals surface area contributed by atoms with Gasteiger partial charge in [0, 0.05) is 21.9 Å². The summed E-state index contributed by atoms with van der Waals surface area (Å²) >= 11 is 3.64. The predicted octanol–water partition coefficient (Wildman–Crippen LogP) is 5.67. The SMILES string of the molecule is CCSc1cc(C(F)(F)F)ccc1-c1ncc(/C=C\CI)n1C. The largest absolute Gasteiger partial charge is 0.416 e. The molecule has 0 aliphatic carbocycles. The van der Waals surface area contributed by atoms with Crippen LogP contribution in [0.3, 0.4) is 0 Å². The van der Waals surface area contributed by atoms with E-state index in [-0.39, 0.29) is 0 Å². The Morgan fingerprint density at radius 3 is 2.70 bits per heavy atom. The summed E-state index contributed by atoms with van der Waals surface area (Å²) in [7, 11) is 1.87. The Bertz CT molecular complexity index is 708. The number of hydrogen-bond donors (Lipinski definition) is 0. The average Bonchev–Trinajstić information content (AvgIpc) is 2.85. The molecule has 0 radical (unpaired) electrons. The van der Waals surface area contributed by atoms with E-state index in [0.29, 0.717) is 16.5 Å². The second-order valence-electron chi connectivity index (χ2n) is 4.76. The molecule has 1 heterocycles. The predicted molar refractivity (Wildman–Crippen MR) is 98.0 cm³/mol. The lowest BCUT2D eigenvalue weighted by atomic mass is 10.1. The smallest absolute Gasteiger partial charge is 0.328 e. The van der Waals surface area contributed by atoms with Crippen LogP contribution in [0.25, 0.3) is 17.5 Å². The first kappa shape index (κ1) is 18.4. The third-order valence-electron chi connectivity index (χ3n) is 3.25. The highest BCUT2D eigenvalue weighted by Gasteiger charge is 2.31. The highest BCUT2D eigenvalue weighted by molar-refractivity contribution is 14.1. The van der Waals surface area contributed by atoms with E-state index >= 15 is 0 Å². The number of rotatable bonds is 5. The van der Waals surface area contributed by atoms with Gasteiger partial charge in [0.1, 0.15) is 5.82 Å². The van der Waals surface area contributed by atoms with Crippen molar-refractivity contribution in [2.45, 2.75) is 18.0 Å². The summed E-state index contributed by atoms with van der Waals surface area (Å²) in [5, 5.41) is 0. The maximum absolute atomic E-state index is 12.9. The van der Waals surface area contributed by atoms with Gasteiger partial charge in [0.15, 0.2) is 0 Å². The van der Waals surface area contributed by atoms with Gasteiger partial charge in [0.05, 0.1) is 17.5 Å². The third kappa shape index (κ3) is 4.32. The normalized spacial score (nSPS) is 12.3. The summed E-state index contributed by atoms with van der Waals surface area (Å²) in [5.74, 6) is 1.36. The Hall–Kier alpha value is -0.960. The average molecular weight is 452 g/mol. The van der Waals surface area contributed by atoms with E-state index in [1.165, 1.54) is 23.9 Å². The van der Waals surface area contributed by atoms with Crippen molar-refractivity contribution in [2.75, 3.05) is 10.2 Å². The fourth-order valence-electron chi connectivity index (χ4n) is 2.15. The lowest BCUT2D eigenvalue weighted by molar-refractivity contribution is -0.137. The number of alkyl halides is 4. The topological polar surface area (TPSA) is 17.8 Å². The minimum atomic E-state index is -4.34. The Balaban J connectivity index is 2.51. The van der Waals surface area contributed by atoms with E-state index in [9.17, 15) is 13.2 Å². The number of aromatic nitrogens is 2. The van der Waals surface area contributed by atoms with Crippen LogP contribution in [0.1, 0.15) is 18.2 Å². The molecule has 0 saturated heterocycles. The molecule has 0 fully saturated rings. The lowest BCUT2D eigenvalue weighted by Crippen LogP contribution is -2.05. The zero-order valence-corrected chi connectivity index (χ0v) is 15.7. The van der Waals surface area contributed by atoms with E-state index in [4.69, 9.17) is 0 Å². The molecule has 0 bridgehead atoms. The van der Waals surface area contributed by atoms with Crippen molar-refractivity contribution < 1.29 is 13.2 Å². The maximum Gasteiger partial charge on any atom is 0.416 e. The molecule has 1 aromatic heterocycles. The van der Waals surface area contributed by atoms with Gasteiger partial charge >= 0.3 is 6.18 Å². The fraction of sp³-hybridized carbons (Fsp3) is 0.312. The fourth-order valence-corrected chi connectivity index (χ4v) is 3.24. The Morgan fingerprint density at radius 2 is 2.09 bits per heavy atom. The molecule has 124 valence electrons. The van der Waals surface area contributed by atoms with Crippen molar-refractivity contribution in [3.63, 3.8) is 0 Å². The summed E-state index contributed by atoms with van der Waals surface area (Å²) in [4.78, 5) is 4.99. The number of imidazole rings is 1. The number of allylic oxidation sites excluding steroid dienone is 1. The third-order valence-corrected chi connectivity index (χ3v) is 4.70. The molecule has 0 unspecified atom stereocenters. The molecule has 0 N–H and O–H groups in total. The van der Waals surface area contributed by atoms with Crippen LogP contribution in [0.2, 0.25) is 0 Å². The van der Waals surface area contributed by atoms with Crippen molar-refractivity contribution in [1.29, 1.82) is 0 Å². The van der Waals surface area contributed by atoms with Gasteiger partial charge in [-0.3, -0.25) is 0 Å². The Labute approximate surface area is 151 Å². The highest BCUT2D eigenvalue weighted by atomic mass is 127. The molecule has 1 aromatic carbocycles. The molecule has 2 aromatic rings. The summed E-state index contributed by atoms with van der Waals surface area (Å²) in [6, 6.07) is 3.83. The first-order chi connectivity index (χ1) is 10.9. The van der Waals surface area contributed by atoms with Gasteiger partial charge < -0.3 is 4.57 Å². The number of halogens is 4. The quantitative estimate of drug-likeness (QED) is 0.331. The first-order valence-electron chi connectivity index (χ1n) is 6.97. The van der Waals surface area contributed by atoms with Gasteiger partial charge in [0.2, 0.25) is 0 Å². The molecule has 0 amide bonds. The standard InChI is InChI=1S/C16H16F3IN2S/c1-3-23-14-9-11(16(17,18)19)6-7-13(14)15-21-10-12(22(15)2)5-4-8-20/h4-7,9-10H,3,8H2,1-2H3/b5-4-. The zero-order chi connectivity index (χ0) is 17.0. The molecule has 0 aliphatic rings. The van der Waals surface area contributed by atoms with Crippen molar-refractivity contribution >= 4 is 40.4 Å². The number of benzene rings is 1. The molecule has 2 nitrogen and oxygen atoms in total. The molecule has 0 saturated carbocycles. The minimum absolute atomic E-state index is 0.598. The summed E-state index contributed by atoms with van der Waals surface area (Å²) in [6.07, 6.45) is 1.36. The highest BCUT2D eigenvalue weighted by Crippen LogP contribution is 2.37. The molecule has 0 aliphatic heterocycles. The summed E-state index contributed by atoms with van der Waals surface area (Å²) in [6.45, 7) is 1.92. The number of thioether (sulfide) groups is 1. The van der Waals surface area contributed by atoms with Gasteiger partial charge in [-0.05, 0) is 30.0 Å². The van der Waals surface area contributed by atoms with E-state index in [0.717, 1.165) is 21.8 Å². The molecule has 2 rings (SSSR count). The molecular formula is C16H16F3IN2S. The second-order valence-corrected chi connectivity index (χ2v) is 6.95. The molecule has 7 heteroatoms. The van der Waals surface area contributed by atoms with Crippen LogP contribution >= 0.6 is 34.4 Å². The molecular weight excluding hydrogens is 436 g/mol. The van der Waals surface area contributed by atoms with Crippen molar-refractivity contribution in [1.82, 2.24) is 9.55 Å². The van der Waals surface area contributed by atoms with Gasteiger partial charge in [-0.2, -0.15) is 13.2 Å². The second kappa shape index (κ2) is 7.74. The lowest BCUT2D eigenvalue weighted by Gasteiger charge is -2.13. The van der Waals surface area contributed by atoms with E-state index in [1.54, 1.807) is 6.20 Å². The number of hydrogen-bond acceptors (Lipinski definition) is 2. The first-order valence-corrected chi connectivity index (χ1v) is 9.48. The van der Waals surface area contributed by atoms with Crippen molar-refractivity contribution in [3.05, 3.63) is 41.7 Å². The van der Waals surface area contributed by atoms with Crippen LogP contribution in [0.4, 0.5) is 13.2 Å². The summed E-state index contributed by atoms with van der Waals surface area (Å²) in [5.41, 5.74) is 1.02. The molecule has 0 atom stereocenters. The van der Waals surface area contributed by atoms with Gasteiger partial charge in [-0.15, -0.1) is 11.8 Å². The maximum atomic E-state index is 12.9. The van der Waals surface area contributed by atoms with Crippen LogP contribution in [-0.2, 0) is 13.2 Å². The van der Waals surface area contributed by atoms with E-state index in [2.05, 4.69) is 27.6 Å². The van der Waals surface area contributed by atoms with Crippen LogP contribution in [-0.4, -0.2) is 19.7 Å². The molecule has 0 spiro atoms. The van der Waals surface area contributed by atoms with E-state index in [1.807, 2.05) is 30.7 Å². The zero-order valence-electron chi connectivity index (χ0n) is 12.7.